The van der Waals surface area contributed by atoms with Crippen LogP contribution in [0.3, 0.4) is 0 Å². The molecule has 53 heavy (non-hydrogen) atoms. The summed E-state index contributed by atoms with van der Waals surface area (Å²) in [6.45, 7) is 4.88. The van der Waals surface area contributed by atoms with E-state index in [1.165, 1.54) is 19.1 Å². The second-order valence-corrected chi connectivity index (χ2v) is 13.9. The summed E-state index contributed by atoms with van der Waals surface area (Å²) in [5, 5.41) is 11.4. The second kappa shape index (κ2) is 18.3. The zero-order chi connectivity index (χ0) is 38.8. The van der Waals surface area contributed by atoms with Crippen LogP contribution in [0, 0.1) is 11.8 Å². The quantitative estimate of drug-likeness (QED) is 0.0529. The van der Waals surface area contributed by atoms with Crippen LogP contribution in [0.25, 0.3) is 11.0 Å². The molecule has 288 valence electrons. The van der Waals surface area contributed by atoms with Crippen molar-refractivity contribution in [1.29, 1.82) is 0 Å². The van der Waals surface area contributed by atoms with Gasteiger partial charge in [0.05, 0.1) is 13.0 Å². The third-order valence-corrected chi connectivity index (χ3v) is 9.99. The Hall–Kier alpha value is -5.48. The number of amides is 6. The third kappa shape index (κ3) is 10.8. The van der Waals surface area contributed by atoms with Gasteiger partial charge in [0, 0.05) is 42.7 Å². The molecule has 17 nitrogen and oxygen atoms in total. The summed E-state index contributed by atoms with van der Waals surface area (Å²) in [6.07, 6.45) is 4.71. The molecule has 10 N–H and O–H groups in total. The molecule has 6 atom stereocenters. The predicted molar refractivity (Wildman–Crippen MR) is 197 cm³/mol. The molecule has 4 rings (SSSR count). The molecule has 0 radical (unpaired) electrons. The number of rotatable bonds is 16. The van der Waals surface area contributed by atoms with Gasteiger partial charge in [-0.2, -0.15) is 0 Å². The fraction of sp³-hybridized carbons (Fsp3) is 0.556. The van der Waals surface area contributed by atoms with Crippen molar-refractivity contribution >= 4 is 58.1 Å². The summed E-state index contributed by atoms with van der Waals surface area (Å²) in [5.74, 6) is -3.22. The Morgan fingerprint density at radius 2 is 1.75 bits per heavy atom. The molecule has 1 saturated heterocycles. The Labute approximate surface area is 307 Å². The SMILES string of the molecule is CC[C@H](C)[C@H](NC(C)=O)C(=O)NCC(=O)N1C2CCCCC2C[C@H]1C(=O)N[C@@H](CCCN=C(N)N)C(=O)Nc1ccc2c(CC(N)=O)cc(=O)oc2c1. The number of primary amides is 1. The molecule has 1 aromatic carbocycles. The highest BCUT2D eigenvalue weighted by Crippen LogP contribution is 2.40. The molecule has 0 spiro atoms. The van der Waals surface area contributed by atoms with E-state index in [0.29, 0.717) is 36.6 Å². The van der Waals surface area contributed by atoms with Crippen LogP contribution >= 0.6 is 0 Å². The molecule has 17 heteroatoms. The molecule has 2 unspecified atom stereocenters. The molecular weight excluding hydrogens is 686 g/mol. The van der Waals surface area contributed by atoms with E-state index in [2.05, 4.69) is 26.3 Å². The standard InChI is InChI=1S/C36H51N9O8/c1-4-19(2)32(42-20(3)46)35(52)41-18-30(48)45-26-10-6-5-8-21(26)14-27(45)34(51)44-25(9-7-13-40-36(38)39)33(50)43-23-11-12-24-22(15-29(37)47)16-31(49)53-28(24)17-23/h11-12,16-17,19,21,25-27,32H,4-10,13-15,18H2,1-3H3,(H2,37,47)(H,41,52)(H,42,46)(H,43,50)(H,44,51)(H4,38,39,40)/t19-,21?,25-,26?,27-,32-/m0/s1. The smallest absolute Gasteiger partial charge is 0.336 e. The monoisotopic (exact) mass is 737 g/mol. The van der Waals surface area contributed by atoms with Crippen LogP contribution in [-0.2, 0) is 35.2 Å². The van der Waals surface area contributed by atoms with Gasteiger partial charge in [0.25, 0.3) is 0 Å². The third-order valence-electron chi connectivity index (χ3n) is 9.99. The van der Waals surface area contributed by atoms with Crippen molar-refractivity contribution in [2.75, 3.05) is 18.4 Å². The summed E-state index contributed by atoms with van der Waals surface area (Å²) in [6, 6.07) is 2.79. The highest BCUT2D eigenvalue weighted by Gasteiger charge is 2.48. The molecule has 1 aliphatic heterocycles. The van der Waals surface area contributed by atoms with E-state index in [4.69, 9.17) is 21.6 Å². The fourth-order valence-corrected chi connectivity index (χ4v) is 7.25. The van der Waals surface area contributed by atoms with E-state index in [0.717, 1.165) is 19.3 Å². The van der Waals surface area contributed by atoms with E-state index in [-0.39, 0.29) is 66.9 Å². The second-order valence-electron chi connectivity index (χ2n) is 13.9. The van der Waals surface area contributed by atoms with Gasteiger partial charge < -0.3 is 47.8 Å². The Kier molecular flexibility index (Phi) is 13.9. The molecule has 2 fully saturated rings. The number of guanidine groups is 1. The summed E-state index contributed by atoms with van der Waals surface area (Å²) in [7, 11) is 0. The van der Waals surface area contributed by atoms with Gasteiger partial charge in [0.2, 0.25) is 35.4 Å². The first kappa shape index (κ1) is 40.3. The number of nitrogens with zero attached hydrogens (tertiary/aromatic N) is 2. The number of likely N-dealkylation sites (tertiary alicyclic amines) is 1. The number of nitrogens with two attached hydrogens (primary N) is 3. The first-order chi connectivity index (χ1) is 25.2. The molecule has 6 amide bonds. The van der Waals surface area contributed by atoms with E-state index in [1.807, 2.05) is 13.8 Å². The van der Waals surface area contributed by atoms with Crippen LogP contribution in [-0.4, -0.2) is 83.6 Å². The Morgan fingerprint density at radius 3 is 2.43 bits per heavy atom. The maximum absolute atomic E-state index is 14.1. The van der Waals surface area contributed by atoms with Crippen LogP contribution in [0.5, 0.6) is 0 Å². The zero-order valence-electron chi connectivity index (χ0n) is 30.4. The van der Waals surface area contributed by atoms with Crippen molar-refractivity contribution in [3.8, 4) is 0 Å². The average Bonchev–Trinajstić information content (AvgIpc) is 3.49. The highest BCUT2D eigenvalue weighted by atomic mass is 16.4. The van der Waals surface area contributed by atoms with Gasteiger partial charge in [-0.1, -0.05) is 33.1 Å². The molecule has 2 aromatic rings. The minimum absolute atomic E-state index is 0.0762. The van der Waals surface area contributed by atoms with Gasteiger partial charge in [-0.25, -0.2) is 4.79 Å². The van der Waals surface area contributed by atoms with Crippen molar-refractivity contribution in [3.05, 3.63) is 40.2 Å². The molecule has 1 saturated carbocycles. The lowest BCUT2D eigenvalue weighted by molar-refractivity contribution is -0.142. The molecule has 1 aromatic heterocycles. The first-order valence-corrected chi connectivity index (χ1v) is 18.1. The van der Waals surface area contributed by atoms with Gasteiger partial charge in [-0.15, -0.1) is 0 Å². The summed E-state index contributed by atoms with van der Waals surface area (Å²) in [4.78, 5) is 95.8. The molecular formula is C36H51N9O8. The number of aliphatic imine (C=N–C) groups is 1. The van der Waals surface area contributed by atoms with Crippen LogP contribution in [0.2, 0.25) is 0 Å². The lowest BCUT2D eigenvalue weighted by atomic mass is 9.84. The van der Waals surface area contributed by atoms with Crippen LogP contribution in [0.4, 0.5) is 5.69 Å². The number of carbonyl (C=O) groups is 6. The van der Waals surface area contributed by atoms with E-state index < -0.39 is 53.3 Å². The molecule has 2 heterocycles. The number of fused-ring (bicyclic) bond motifs is 2. The van der Waals surface area contributed by atoms with Gasteiger partial charge in [0.15, 0.2) is 5.96 Å². The number of hydrogen-bond acceptors (Lipinski definition) is 9. The van der Waals surface area contributed by atoms with Gasteiger partial charge in [-0.05, 0) is 61.6 Å². The first-order valence-electron chi connectivity index (χ1n) is 18.1. The predicted octanol–water partition coefficient (Wildman–Crippen LogP) is 0.124. The Bertz CT molecular complexity index is 1790. The molecule has 0 bridgehead atoms. The maximum atomic E-state index is 14.1. The van der Waals surface area contributed by atoms with E-state index in [9.17, 15) is 33.6 Å². The lowest BCUT2D eigenvalue weighted by Gasteiger charge is -2.34. The number of anilines is 1. The number of carbonyl (C=O) groups excluding carboxylic acids is 6. The molecule has 2 aliphatic rings. The summed E-state index contributed by atoms with van der Waals surface area (Å²) < 4.78 is 5.31. The minimum Gasteiger partial charge on any atom is -0.423 e. The van der Waals surface area contributed by atoms with Crippen molar-refractivity contribution in [2.24, 2.45) is 34.0 Å². The maximum Gasteiger partial charge on any atom is 0.336 e. The Morgan fingerprint density at radius 1 is 1.02 bits per heavy atom. The van der Waals surface area contributed by atoms with Gasteiger partial charge in [-0.3, -0.25) is 33.8 Å². The van der Waals surface area contributed by atoms with E-state index >= 15 is 0 Å². The summed E-state index contributed by atoms with van der Waals surface area (Å²) in [5.41, 5.74) is 16.4. The highest BCUT2D eigenvalue weighted by molar-refractivity contribution is 6.00. The van der Waals surface area contributed by atoms with Crippen molar-refractivity contribution in [3.63, 3.8) is 0 Å². The average molecular weight is 738 g/mol. The normalized spacial score (nSPS) is 19.6. The minimum atomic E-state index is -1.08. The van der Waals surface area contributed by atoms with E-state index in [1.54, 1.807) is 17.0 Å². The topological polar surface area (TPSA) is 274 Å². The largest absolute Gasteiger partial charge is 0.423 e. The van der Waals surface area contributed by atoms with Gasteiger partial charge in [0.1, 0.15) is 23.7 Å². The van der Waals surface area contributed by atoms with Crippen LogP contribution < -0.4 is 44.1 Å². The summed E-state index contributed by atoms with van der Waals surface area (Å²) >= 11 is 0. The van der Waals surface area contributed by atoms with Crippen LogP contribution in [0.15, 0.2) is 38.5 Å². The van der Waals surface area contributed by atoms with Crippen molar-refractivity contribution in [2.45, 2.75) is 103 Å². The number of hydrogen-bond donors (Lipinski definition) is 7. The lowest BCUT2D eigenvalue weighted by Crippen LogP contribution is -2.56. The number of benzene rings is 1. The van der Waals surface area contributed by atoms with Crippen LogP contribution in [0.1, 0.15) is 77.7 Å². The Balaban J connectivity index is 1.53. The fourth-order valence-electron chi connectivity index (χ4n) is 7.25. The van der Waals surface area contributed by atoms with Crippen molar-refractivity contribution in [1.82, 2.24) is 20.9 Å². The van der Waals surface area contributed by atoms with Crippen molar-refractivity contribution < 1.29 is 33.2 Å². The number of nitrogens with one attached hydrogen (secondary N) is 4. The van der Waals surface area contributed by atoms with Gasteiger partial charge >= 0.3 is 5.63 Å². The molecule has 1 aliphatic carbocycles. The zero-order valence-corrected chi connectivity index (χ0v) is 30.4.